The van der Waals surface area contributed by atoms with E-state index in [0.29, 0.717) is 12.1 Å². The fraction of sp³-hybridized carbons (Fsp3) is 0.231. The summed E-state index contributed by atoms with van der Waals surface area (Å²) in [5.41, 5.74) is 1.53. The highest BCUT2D eigenvalue weighted by Crippen LogP contribution is 2.23. The van der Waals surface area contributed by atoms with Crippen molar-refractivity contribution in [3.63, 3.8) is 0 Å². The molecule has 0 aliphatic rings. The van der Waals surface area contributed by atoms with Crippen LogP contribution in [0.1, 0.15) is 16.8 Å². The molecular weight excluding hydrogens is 233 g/mol. The topological polar surface area (TPSA) is 50.8 Å². The van der Waals surface area contributed by atoms with Crippen molar-refractivity contribution in [1.82, 2.24) is 9.78 Å². The van der Waals surface area contributed by atoms with Crippen molar-refractivity contribution in [1.29, 1.82) is 5.26 Å². The quantitative estimate of drug-likeness (QED) is 0.833. The predicted molar refractivity (Wildman–Crippen MR) is 63.7 cm³/mol. The number of nitriles is 1. The lowest BCUT2D eigenvalue weighted by atomic mass is 10.1. The lowest BCUT2D eigenvalue weighted by Crippen LogP contribution is -2.03. The van der Waals surface area contributed by atoms with Crippen molar-refractivity contribution in [2.75, 3.05) is 7.11 Å². The summed E-state index contributed by atoms with van der Waals surface area (Å²) in [5, 5.41) is 13.0. The Kier molecular flexibility index (Phi) is 3.28. The van der Waals surface area contributed by atoms with Gasteiger partial charge in [-0.15, -0.1) is 0 Å². The molecule has 1 aromatic carbocycles. The third-order valence-electron chi connectivity index (χ3n) is 2.56. The van der Waals surface area contributed by atoms with Gasteiger partial charge in [-0.25, -0.2) is 4.39 Å². The number of ether oxygens (including phenoxy) is 1. The summed E-state index contributed by atoms with van der Waals surface area (Å²) in [6.45, 7) is 2.32. The van der Waals surface area contributed by atoms with Gasteiger partial charge in [-0.05, 0) is 30.7 Å². The third kappa shape index (κ3) is 2.33. The Morgan fingerprint density at radius 2 is 2.28 bits per heavy atom. The molecule has 2 aromatic rings. The second-order valence-electron chi connectivity index (χ2n) is 3.92. The van der Waals surface area contributed by atoms with Gasteiger partial charge < -0.3 is 4.74 Å². The SMILES string of the molecule is COc1cc(Cn2ccc(C)n2)cc(F)c1C#N. The van der Waals surface area contributed by atoms with Crippen LogP contribution in [0.3, 0.4) is 0 Å². The Morgan fingerprint density at radius 1 is 1.50 bits per heavy atom. The summed E-state index contributed by atoms with van der Waals surface area (Å²) in [6, 6.07) is 6.64. The maximum atomic E-state index is 13.7. The monoisotopic (exact) mass is 245 g/mol. The molecule has 0 fully saturated rings. The zero-order valence-electron chi connectivity index (χ0n) is 10.1. The molecule has 1 aromatic heterocycles. The highest BCUT2D eigenvalue weighted by atomic mass is 19.1. The molecule has 0 amide bonds. The highest BCUT2D eigenvalue weighted by Gasteiger charge is 2.11. The van der Waals surface area contributed by atoms with Crippen LogP contribution < -0.4 is 4.74 Å². The molecule has 92 valence electrons. The van der Waals surface area contributed by atoms with E-state index in [1.165, 1.54) is 13.2 Å². The molecule has 0 aliphatic heterocycles. The number of hydrogen-bond acceptors (Lipinski definition) is 3. The van der Waals surface area contributed by atoms with Gasteiger partial charge >= 0.3 is 0 Å². The number of hydrogen-bond donors (Lipinski definition) is 0. The van der Waals surface area contributed by atoms with Crippen LogP contribution in [0.15, 0.2) is 24.4 Å². The normalized spacial score (nSPS) is 10.1. The van der Waals surface area contributed by atoms with E-state index in [2.05, 4.69) is 5.10 Å². The predicted octanol–water partition coefficient (Wildman–Crippen LogP) is 2.26. The molecule has 0 bridgehead atoms. The number of methoxy groups -OCH3 is 1. The maximum Gasteiger partial charge on any atom is 0.145 e. The summed E-state index contributed by atoms with van der Waals surface area (Å²) in [6.07, 6.45) is 1.82. The summed E-state index contributed by atoms with van der Waals surface area (Å²) < 4.78 is 20.4. The average molecular weight is 245 g/mol. The van der Waals surface area contributed by atoms with Crippen LogP contribution in [0.4, 0.5) is 4.39 Å². The first-order valence-electron chi connectivity index (χ1n) is 5.40. The molecule has 1 heterocycles. The third-order valence-corrected chi connectivity index (χ3v) is 2.56. The number of halogens is 1. The van der Waals surface area contributed by atoms with Gasteiger partial charge in [0.1, 0.15) is 23.2 Å². The molecule has 5 heteroatoms. The van der Waals surface area contributed by atoms with Crippen molar-refractivity contribution < 1.29 is 9.13 Å². The molecule has 0 saturated heterocycles. The largest absolute Gasteiger partial charge is 0.495 e. The van der Waals surface area contributed by atoms with E-state index in [1.807, 2.05) is 19.2 Å². The Morgan fingerprint density at radius 3 is 2.83 bits per heavy atom. The van der Waals surface area contributed by atoms with E-state index < -0.39 is 5.82 Å². The van der Waals surface area contributed by atoms with Crippen LogP contribution in [0.25, 0.3) is 0 Å². The first kappa shape index (κ1) is 12.1. The Bertz CT molecular complexity index is 613. The molecule has 0 aliphatic carbocycles. The van der Waals surface area contributed by atoms with Crippen LogP contribution in [-0.2, 0) is 6.54 Å². The second kappa shape index (κ2) is 4.88. The lowest BCUT2D eigenvalue weighted by molar-refractivity contribution is 0.408. The number of benzene rings is 1. The van der Waals surface area contributed by atoms with Crippen LogP contribution in [-0.4, -0.2) is 16.9 Å². The molecule has 4 nitrogen and oxygen atoms in total. The van der Waals surface area contributed by atoms with Gasteiger partial charge in [0.2, 0.25) is 0 Å². The second-order valence-corrected chi connectivity index (χ2v) is 3.92. The van der Waals surface area contributed by atoms with Crippen molar-refractivity contribution in [2.24, 2.45) is 0 Å². The number of rotatable bonds is 3. The van der Waals surface area contributed by atoms with Gasteiger partial charge in [0.25, 0.3) is 0 Å². The molecule has 0 saturated carbocycles. The highest BCUT2D eigenvalue weighted by molar-refractivity contribution is 5.46. The smallest absolute Gasteiger partial charge is 0.145 e. The van der Waals surface area contributed by atoms with Gasteiger partial charge in [-0.1, -0.05) is 0 Å². The van der Waals surface area contributed by atoms with Gasteiger partial charge in [0.15, 0.2) is 0 Å². The fourth-order valence-electron chi connectivity index (χ4n) is 1.73. The van der Waals surface area contributed by atoms with E-state index in [9.17, 15) is 4.39 Å². The molecule has 0 atom stereocenters. The van der Waals surface area contributed by atoms with Crippen LogP contribution >= 0.6 is 0 Å². The molecule has 0 unspecified atom stereocenters. The molecule has 0 spiro atoms. The van der Waals surface area contributed by atoms with E-state index in [0.717, 1.165) is 5.69 Å². The van der Waals surface area contributed by atoms with Gasteiger partial charge in [-0.2, -0.15) is 10.4 Å². The standard InChI is InChI=1S/C13H12FN3O/c1-9-3-4-17(16-9)8-10-5-12(14)11(7-15)13(6-10)18-2/h3-6H,8H2,1-2H3. The Balaban J connectivity index is 2.35. The summed E-state index contributed by atoms with van der Waals surface area (Å²) in [7, 11) is 1.41. The molecule has 2 rings (SSSR count). The minimum atomic E-state index is -0.573. The maximum absolute atomic E-state index is 13.7. The summed E-state index contributed by atoms with van der Waals surface area (Å²) in [5.74, 6) is -0.327. The molecule has 18 heavy (non-hydrogen) atoms. The van der Waals surface area contributed by atoms with E-state index in [-0.39, 0.29) is 11.3 Å². The first-order chi connectivity index (χ1) is 8.63. The zero-order valence-corrected chi connectivity index (χ0v) is 10.1. The number of aromatic nitrogens is 2. The summed E-state index contributed by atoms with van der Waals surface area (Å²) >= 11 is 0. The van der Waals surface area contributed by atoms with Crippen molar-refractivity contribution in [2.45, 2.75) is 13.5 Å². The minimum Gasteiger partial charge on any atom is -0.495 e. The van der Waals surface area contributed by atoms with E-state index in [4.69, 9.17) is 10.00 Å². The zero-order chi connectivity index (χ0) is 13.1. The van der Waals surface area contributed by atoms with Crippen LogP contribution in [0, 0.1) is 24.1 Å². The van der Waals surface area contributed by atoms with Crippen molar-refractivity contribution in [3.05, 3.63) is 47.0 Å². The fourth-order valence-corrected chi connectivity index (χ4v) is 1.73. The molecular formula is C13H12FN3O. The van der Waals surface area contributed by atoms with Gasteiger partial charge in [0, 0.05) is 6.20 Å². The van der Waals surface area contributed by atoms with E-state index in [1.54, 1.807) is 16.8 Å². The number of nitrogens with zero attached hydrogens (tertiary/aromatic N) is 3. The van der Waals surface area contributed by atoms with Gasteiger partial charge in [0.05, 0.1) is 19.3 Å². The van der Waals surface area contributed by atoms with Crippen LogP contribution in [0.2, 0.25) is 0 Å². The first-order valence-corrected chi connectivity index (χ1v) is 5.40. The average Bonchev–Trinajstić information content (AvgIpc) is 2.74. The van der Waals surface area contributed by atoms with Crippen molar-refractivity contribution >= 4 is 0 Å². The Hall–Kier alpha value is -2.35. The molecule has 0 radical (unpaired) electrons. The van der Waals surface area contributed by atoms with E-state index >= 15 is 0 Å². The number of aryl methyl sites for hydroxylation is 1. The molecule has 0 N–H and O–H groups in total. The van der Waals surface area contributed by atoms with Crippen LogP contribution in [0.5, 0.6) is 5.75 Å². The summed E-state index contributed by atoms with van der Waals surface area (Å²) in [4.78, 5) is 0. The van der Waals surface area contributed by atoms with Crippen molar-refractivity contribution in [3.8, 4) is 11.8 Å². The minimum absolute atomic E-state index is 0.0714. The Labute approximate surface area is 104 Å². The lowest BCUT2D eigenvalue weighted by Gasteiger charge is -2.08. The van der Waals surface area contributed by atoms with Gasteiger partial charge in [-0.3, -0.25) is 4.68 Å².